The first-order valence-corrected chi connectivity index (χ1v) is 10.9. The summed E-state index contributed by atoms with van der Waals surface area (Å²) in [5, 5.41) is 6.00. The van der Waals surface area contributed by atoms with Crippen LogP contribution in [0.3, 0.4) is 0 Å². The van der Waals surface area contributed by atoms with Crippen LogP contribution in [-0.4, -0.2) is 4.57 Å². The van der Waals surface area contributed by atoms with E-state index in [-0.39, 0.29) is 0 Å². The number of nitrogens with zero attached hydrogens (tertiary/aromatic N) is 1. The minimum Gasteiger partial charge on any atom is -0.356 e. The van der Waals surface area contributed by atoms with Gasteiger partial charge in [0.25, 0.3) is 0 Å². The summed E-state index contributed by atoms with van der Waals surface area (Å²) in [5.74, 6) is 0. The van der Waals surface area contributed by atoms with Crippen molar-refractivity contribution in [2.75, 3.05) is 5.32 Å². The van der Waals surface area contributed by atoms with Crippen molar-refractivity contribution in [3.05, 3.63) is 127 Å². The van der Waals surface area contributed by atoms with Gasteiger partial charge < -0.3 is 9.88 Å². The predicted octanol–water partition coefficient (Wildman–Crippen LogP) is 8.19. The smallest absolute Gasteiger partial charge is 0.0541 e. The summed E-state index contributed by atoms with van der Waals surface area (Å²) in [5.41, 5.74) is 8.25. The number of fused-ring (bicyclic) bond motifs is 3. The largest absolute Gasteiger partial charge is 0.356 e. The molecule has 0 fully saturated rings. The summed E-state index contributed by atoms with van der Waals surface area (Å²) in [6.07, 6.45) is 0. The number of rotatable bonds is 4. The molecule has 0 bridgehead atoms. The second-order valence-electron chi connectivity index (χ2n) is 7.99. The minimum absolute atomic E-state index is 1.08. The van der Waals surface area contributed by atoms with Crippen LogP contribution in [0.15, 0.2) is 127 Å². The molecule has 0 aliphatic rings. The summed E-state index contributed by atoms with van der Waals surface area (Å²) >= 11 is 0. The van der Waals surface area contributed by atoms with Gasteiger partial charge in [-0.2, -0.15) is 0 Å². The van der Waals surface area contributed by atoms with Crippen molar-refractivity contribution in [2.24, 2.45) is 0 Å². The van der Waals surface area contributed by atoms with E-state index >= 15 is 0 Å². The Morgan fingerprint density at radius 3 is 1.81 bits per heavy atom. The van der Waals surface area contributed by atoms with Crippen molar-refractivity contribution >= 4 is 33.2 Å². The summed E-state index contributed by atoms with van der Waals surface area (Å²) in [4.78, 5) is 0. The third kappa shape index (κ3) is 3.23. The second kappa shape index (κ2) is 7.75. The Hall–Kier alpha value is -4.30. The Morgan fingerprint density at radius 2 is 1.03 bits per heavy atom. The molecule has 0 atom stereocenters. The normalized spacial score (nSPS) is 11.1. The number of hydrogen-bond acceptors (Lipinski definition) is 1. The van der Waals surface area contributed by atoms with Crippen LogP contribution in [0.2, 0.25) is 0 Å². The van der Waals surface area contributed by atoms with Gasteiger partial charge in [0, 0.05) is 27.8 Å². The summed E-state index contributed by atoms with van der Waals surface area (Å²) in [7, 11) is 0. The van der Waals surface area contributed by atoms with Gasteiger partial charge >= 0.3 is 0 Å². The van der Waals surface area contributed by atoms with Gasteiger partial charge in [0.2, 0.25) is 0 Å². The molecule has 0 saturated heterocycles. The molecule has 32 heavy (non-hydrogen) atoms. The highest BCUT2D eigenvalue weighted by Gasteiger charge is 2.12. The van der Waals surface area contributed by atoms with Gasteiger partial charge in [-0.3, -0.25) is 0 Å². The van der Waals surface area contributed by atoms with E-state index in [0.717, 1.165) is 11.4 Å². The highest BCUT2D eigenvalue weighted by atomic mass is 15.0. The fourth-order valence-electron chi connectivity index (χ4n) is 4.44. The van der Waals surface area contributed by atoms with Crippen molar-refractivity contribution in [1.29, 1.82) is 0 Å². The zero-order valence-corrected chi connectivity index (χ0v) is 17.6. The van der Waals surface area contributed by atoms with Gasteiger partial charge in [-0.25, -0.2) is 0 Å². The van der Waals surface area contributed by atoms with Gasteiger partial charge in [0.05, 0.1) is 11.0 Å². The standard InChI is InChI=1S/C30H22N2/c1-3-9-24(10-4-1)31-25-18-15-22(16-19-25)23-17-20-30-28(21-23)27-13-7-8-14-29(27)32(30)26-11-5-2-6-12-26/h1-21,31H. The van der Waals surface area contributed by atoms with Gasteiger partial charge in [-0.05, 0) is 65.7 Å². The van der Waals surface area contributed by atoms with Crippen LogP contribution in [-0.2, 0) is 0 Å². The molecule has 2 heteroatoms. The van der Waals surface area contributed by atoms with E-state index in [4.69, 9.17) is 0 Å². The zero-order chi connectivity index (χ0) is 21.3. The van der Waals surface area contributed by atoms with Gasteiger partial charge in [-0.1, -0.05) is 72.8 Å². The molecule has 152 valence electrons. The highest BCUT2D eigenvalue weighted by Crippen LogP contribution is 2.35. The first-order valence-electron chi connectivity index (χ1n) is 10.9. The number of anilines is 2. The average molecular weight is 411 g/mol. The van der Waals surface area contributed by atoms with Crippen molar-refractivity contribution in [3.8, 4) is 16.8 Å². The fraction of sp³-hybridized carbons (Fsp3) is 0. The van der Waals surface area contributed by atoms with Crippen molar-refractivity contribution in [2.45, 2.75) is 0 Å². The van der Waals surface area contributed by atoms with Crippen molar-refractivity contribution < 1.29 is 0 Å². The zero-order valence-electron chi connectivity index (χ0n) is 17.6. The molecule has 5 aromatic carbocycles. The van der Waals surface area contributed by atoms with E-state index in [0.29, 0.717) is 0 Å². The van der Waals surface area contributed by atoms with E-state index in [1.165, 1.54) is 38.6 Å². The lowest BCUT2D eigenvalue weighted by Gasteiger charge is -2.09. The number of para-hydroxylation sites is 3. The van der Waals surface area contributed by atoms with Gasteiger partial charge in [0.15, 0.2) is 0 Å². The molecule has 0 unspecified atom stereocenters. The highest BCUT2D eigenvalue weighted by molar-refractivity contribution is 6.10. The lowest BCUT2D eigenvalue weighted by molar-refractivity contribution is 1.18. The number of aromatic nitrogens is 1. The topological polar surface area (TPSA) is 17.0 Å². The third-order valence-electron chi connectivity index (χ3n) is 5.97. The SMILES string of the molecule is c1ccc(Nc2ccc(-c3ccc4c(c3)c3ccccc3n4-c3ccccc3)cc2)cc1. The minimum atomic E-state index is 1.08. The third-order valence-corrected chi connectivity index (χ3v) is 5.97. The van der Waals surface area contributed by atoms with E-state index in [2.05, 4.69) is 119 Å². The van der Waals surface area contributed by atoms with E-state index < -0.39 is 0 Å². The lowest BCUT2D eigenvalue weighted by Crippen LogP contribution is -1.92. The Bertz CT molecular complexity index is 1510. The van der Waals surface area contributed by atoms with Crippen molar-refractivity contribution in [3.63, 3.8) is 0 Å². The molecule has 0 saturated carbocycles. The molecular weight excluding hydrogens is 388 g/mol. The number of benzene rings is 5. The molecular formula is C30H22N2. The second-order valence-corrected chi connectivity index (χ2v) is 7.99. The van der Waals surface area contributed by atoms with E-state index in [9.17, 15) is 0 Å². The molecule has 0 spiro atoms. The van der Waals surface area contributed by atoms with Gasteiger partial charge in [-0.15, -0.1) is 0 Å². The molecule has 6 rings (SSSR count). The number of hydrogen-bond donors (Lipinski definition) is 1. The molecule has 1 N–H and O–H groups in total. The van der Waals surface area contributed by atoms with Crippen LogP contribution < -0.4 is 5.32 Å². The summed E-state index contributed by atoms with van der Waals surface area (Å²) in [6, 6.07) is 44.9. The first kappa shape index (κ1) is 18.5. The van der Waals surface area contributed by atoms with E-state index in [1.807, 2.05) is 18.2 Å². The molecule has 1 aromatic heterocycles. The quantitative estimate of drug-likeness (QED) is 0.310. The first-order chi connectivity index (χ1) is 15.9. The molecule has 0 aliphatic heterocycles. The predicted molar refractivity (Wildman–Crippen MR) is 136 cm³/mol. The molecule has 1 heterocycles. The maximum atomic E-state index is 3.45. The molecule has 0 aliphatic carbocycles. The van der Waals surface area contributed by atoms with Crippen LogP contribution in [0.4, 0.5) is 11.4 Å². The maximum Gasteiger partial charge on any atom is 0.0541 e. The fourth-order valence-corrected chi connectivity index (χ4v) is 4.44. The molecule has 6 aromatic rings. The average Bonchev–Trinajstić information content (AvgIpc) is 3.19. The Kier molecular flexibility index (Phi) is 4.47. The Morgan fingerprint density at radius 1 is 0.438 bits per heavy atom. The van der Waals surface area contributed by atoms with Crippen LogP contribution in [0.5, 0.6) is 0 Å². The molecule has 2 nitrogen and oxygen atoms in total. The maximum absolute atomic E-state index is 3.45. The van der Waals surface area contributed by atoms with Crippen molar-refractivity contribution in [1.82, 2.24) is 4.57 Å². The monoisotopic (exact) mass is 410 g/mol. The van der Waals surface area contributed by atoms with Gasteiger partial charge in [0.1, 0.15) is 0 Å². The van der Waals surface area contributed by atoms with Crippen LogP contribution >= 0.6 is 0 Å². The van der Waals surface area contributed by atoms with Crippen LogP contribution in [0.1, 0.15) is 0 Å². The van der Waals surface area contributed by atoms with Crippen LogP contribution in [0, 0.1) is 0 Å². The molecule has 0 radical (unpaired) electrons. The Balaban J connectivity index is 1.43. The number of nitrogens with one attached hydrogen (secondary N) is 1. The summed E-state index contributed by atoms with van der Waals surface area (Å²) in [6.45, 7) is 0. The van der Waals surface area contributed by atoms with E-state index in [1.54, 1.807) is 0 Å². The summed E-state index contributed by atoms with van der Waals surface area (Å²) < 4.78 is 2.35. The lowest BCUT2D eigenvalue weighted by atomic mass is 10.0. The Labute approximate surface area is 187 Å². The van der Waals surface area contributed by atoms with Crippen LogP contribution in [0.25, 0.3) is 38.6 Å². The molecule has 0 amide bonds.